The molecule has 0 aliphatic heterocycles. The maximum atomic E-state index is 12.2. The Balaban J connectivity index is 1.41. The molecule has 2 heterocycles. The van der Waals surface area contributed by atoms with Crippen molar-refractivity contribution in [2.75, 3.05) is 5.32 Å². The topological polar surface area (TPSA) is 59.3 Å². The van der Waals surface area contributed by atoms with Crippen molar-refractivity contribution >= 4 is 17.4 Å². The van der Waals surface area contributed by atoms with Gasteiger partial charge in [-0.15, -0.1) is 0 Å². The van der Waals surface area contributed by atoms with Crippen LogP contribution in [0.2, 0.25) is 0 Å². The van der Waals surface area contributed by atoms with Gasteiger partial charge in [0.25, 0.3) is 0 Å². The second-order valence-corrected chi connectivity index (χ2v) is 6.51. The summed E-state index contributed by atoms with van der Waals surface area (Å²) in [6, 6.07) is 19.7. The summed E-state index contributed by atoms with van der Waals surface area (Å²) in [7, 11) is 0. The zero-order chi connectivity index (χ0) is 18.6. The van der Waals surface area contributed by atoms with Gasteiger partial charge in [-0.3, -0.25) is 9.20 Å². The van der Waals surface area contributed by atoms with Gasteiger partial charge in [-0.2, -0.15) is 0 Å². The van der Waals surface area contributed by atoms with Gasteiger partial charge < -0.3 is 5.32 Å². The molecule has 27 heavy (non-hydrogen) atoms. The first-order valence-corrected chi connectivity index (χ1v) is 8.94. The van der Waals surface area contributed by atoms with Crippen molar-refractivity contribution in [3.8, 4) is 11.3 Å². The standard InChI is InChI=1S/C22H20N4O/c1-16-13-14-26-15-20(25-22(26)23-16)18-8-10-19(11-9-18)24-21(27)12-7-17-5-3-2-4-6-17/h2-6,8-11,13-15H,7,12H2,1H3,(H,24,27). The number of aromatic nitrogens is 3. The van der Waals surface area contributed by atoms with E-state index in [4.69, 9.17) is 0 Å². The highest BCUT2D eigenvalue weighted by atomic mass is 16.1. The molecule has 0 fully saturated rings. The molecule has 2 aromatic heterocycles. The molecule has 0 aliphatic carbocycles. The van der Waals surface area contributed by atoms with Crippen LogP contribution in [0.4, 0.5) is 5.69 Å². The van der Waals surface area contributed by atoms with Crippen molar-refractivity contribution in [3.63, 3.8) is 0 Å². The molecule has 0 radical (unpaired) electrons. The highest BCUT2D eigenvalue weighted by Crippen LogP contribution is 2.21. The lowest BCUT2D eigenvalue weighted by atomic mass is 10.1. The first kappa shape index (κ1) is 17.0. The van der Waals surface area contributed by atoms with Crippen LogP contribution in [0.1, 0.15) is 17.7 Å². The van der Waals surface area contributed by atoms with E-state index in [-0.39, 0.29) is 5.91 Å². The molecule has 1 N–H and O–H groups in total. The number of fused-ring (bicyclic) bond motifs is 1. The third kappa shape index (κ3) is 4.03. The van der Waals surface area contributed by atoms with Gasteiger partial charge in [0, 0.05) is 35.8 Å². The highest BCUT2D eigenvalue weighted by Gasteiger charge is 2.07. The van der Waals surface area contributed by atoms with E-state index in [0.717, 1.165) is 29.1 Å². The minimum atomic E-state index is 0.0130. The van der Waals surface area contributed by atoms with Crippen LogP contribution >= 0.6 is 0 Å². The quantitative estimate of drug-likeness (QED) is 0.581. The van der Waals surface area contributed by atoms with Crippen molar-refractivity contribution in [2.24, 2.45) is 0 Å². The minimum Gasteiger partial charge on any atom is -0.326 e. The summed E-state index contributed by atoms with van der Waals surface area (Å²) in [5, 5.41) is 2.95. The number of imidazole rings is 1. The molecule has 2 aromatic carbocycles. The first-order valence-electron chi connectivity index (χ1n) is 8.94. The average molecular weight is 356 g/mol. The van der Waals surface area contributed by atoms with Crippen LogP contribution < -0.4 is 5.32 Å². The number of rotatable bonds is 5. The molecular formula is C22H20N4O. The largest absolute Gasteiger partial charge is 0.326 e. The second-order valence-electron chi connectivity index (χ2n) is 6.51. The zero-order valence-corrected chi connectivity index (χ0v) is 15.1. The van der Waals surface area contributed by atoms with Gasteiger partial charge in [0.2, 0.25) is 11.7 Å². The van der Waals surface area contributed by atoms with Gasteiger partial charge in [-0.25, -0.2) is 9.97 Å². The molecule has 0 saturated carbocycles. The van der Waals surface area contributed by atoms with Crippen molar-refractivity contribution < 1.29 is 4.79 Å². The fourth-order valence-corrected chi connectivity index (χ4v) is 2.95. The van der Waals surface area contributed by atoms with Gasteiger partial charge in [0.1, 0.15) is 0 Å². The number of anilines is 1. The van der Waals surface area contributed by atoms with Crippen LogP contribution in [0, 0.1) is 6.92 Å². The van der Waals surface area contributed by atoms with Crippen molar-refractivity contribution in [2.45, 2.75) is 19.8 Å². The molecular weight excluding hydrogens is 336 g/mol. The van der Waals surface area contributed by atoms with Gasteiger partial charge in [-0.05, 0) is 37.1 Å². The van der Waals surface area contributed by atoms with Crippen molar-refractivity contribution in [1.82, 2.24) is 14.4 Å². The van der Waals surface area contributed by atoms with Crippen LogP contribution in [0.3, 0.4) is 0 Å². The molecule has 4 aromatic rings. The molecule has 1 amide bonds. The van der Waals surface area contributed by atoms with E-state index in [2.05, 4.69) is 15.3 Å². The summed E-state index contributed by atoms with van der Waals surface area (Å²) in [6.07, 6.45) is 5.10. The number of carbonyl (C=O) groups excluding carboxylic acids is 1. The number of hydrogen-bond donors (Lipinski definition) is 1. The monoisotopic (exact) mass is 356 g/mol. The molecule has 5 nitrogen and oxygen atoms in total. The molecule has 0 bridgehead atoms. The van der Waals surface area contributed by atoms with Crippen molar-refractivity contribution in [3.05, 3.63) is 84.3 Å². The van der Waals surface area contributed by atoms with E-state index in [1.807, 2.05) is 84.4 Å². The van der Waals surface area contributed by atoms with E-state index in [1.165, 1.54) is 5.56 Å². The third-order valence-electron chi connectivity index (χ3n) is 4.41. The summed E-state index contributed by atoms with van der Waals surface area (Å²) < 4.78 is 1.90. The summed E-state index contributed by atoms with van der Waals surface area (Å²) in [5.74, 6) is 0.697. The Morgan fingerprint density at radius 2 is 1.78 bits per heavy atom. The lowest BCUT2D eigenvalue weighted by molar-refractivity contribution is -0.116. The molecule has 134 valence electrons. The van der Waals surface area contributed by atoms with Gasteiger partial charge in [-0.1, -0.05) is 42.5 Å². The predicted molar refractivity (Wildman–Crippen MR) is 107 cm³/mol. The van der Waals surface area contributed by atoms with E-state index in [9.17, 15) is 4.79 Å². The van der Waals surface area contributed by atoms with Gasteiger partial charge in [0.15, 0.2) is 0 Å². The van der Waals surface area contributed by atoms with Crippen LogP contribution in [0.5, 0.6) is 0 Å². The van der Waals surface area contributed by atoms with Crippen LogP contribution in [0.15, 0.2) is 73.1 Å². The maximum absolute atomic E-state index is 12.2. The van der Waals surface area contributed by atoms with Crippen LogP contribution in [-0.4, -0.2) is 20.3 Å². The van der Waals surface area contributed by atoms with E-state index >= 15 is 0 Å². The number of hydrogen-bond acceptors (Lipinski definition) is 3. The minimum absolute atomic E-state index is 0.0130. The fraction of sp³-hybridized carbons (Fsp3) is 0.136. The predicted octanol–water partition coefficient (Wildman–Crippen LogP) is 4.28. The van der Waals surface area contributed by atoms with E-state index in [0.29, 0.717) is 12.2 Å². The summed E-state index contributed by atoms with van der Waals surface area (Å²) in [6.45, 7) is 1.95. The number of nitrogens with one attached hydrogen (secondary N) is 1. The number of carbonyl (C=O) groups is 1. The molecule has 5 heteroatoms. The number of amides is 1. The summed E-state index contributed by atoms with van der Waals surface area (Å²) in [4.78, 5) is 21.1. The maximum Gasteiger partial charge on any atom is 0.234 e. The Bertz CT molecular complexity index is 1070. The molecule has 0 spiro atoms. The number of benzene rings is 2. The van der Waals surface area contributed by atoms with Crippen molar-refractivity contribution in [1.29, 1.82) is 0 Å². The molecule has 0 atom stereocenters. The zero-order valence-electron chi connectivity index (χ0n) is 15.1. The molecule has 0 saturated heterocycles. The average Bonchev–Trinajstić information content (AvgIpc) is 3.11. The number of nitrogens with zero attached hydrogens (tertiary/aromatic N) is 3. The van der Waals surface area contributed by atoms with E-state index < -0.39 is 0 Å². The lowest BCUT2D eigenvalue weighted by Crippen LogP contribution is -2.12. The fourth-order valence-electron chi connectivity index (χ4n) is 2.95. The van der Waals surface area contributed by atoms with Crippen LogP contribution in [-0.2, 0) is 11.2 Å². The summed E-state index contributed by atoms with van der Waals surface area (Å²) >= 11 is 0. The Morgan fingerprint density at radius 3 is 2.56 bits per heavy atom. The normalized spacial score (nSPS) is 10.9. The molecule has 4 rings (SSSR count). The van der Waals surface area contributed by atoms with Gasteiger partial charge in [0.05, 0.1) is 5.69 Å². The first-order chi connectivity index (χ1) is 13.2. The molecule has 0 aliphatic rings. The highest BCUT2D eigenvalue weighted by molar-refractivity contribution is 5.91. The second kappa shape index (κ2) is 7.41. The van der Waals surface area contributed by atoms with Gasteiger partial charge >= 0.3 is 0 Å². The lowest BCUT2D eigenvalue weighted by Gasteiger charge is -2.06. The molecule has 0 unspecified atom stereocenters. The third-order valence-corrected chi connectivity index (χ3v) is 4.41. The van der Waals surface area contributed by atoms with E-state index in [1.54, 1.807) is 0 Å². The number of aryl methyl sites for hydroxylation is 2. The Hall–Kier alpha value is -3.47. The smallest absolute Gasteiger partial charge is 0.234 e. The SMILES string of the molecule is Cc1ccn2cc(-c3ccc(NC(=O)CCc4ccccc4)cc3)nc2n1. The Labute approximate surface area is 157 Å². The van der Waals surface area contributed by atoms with Crippen LogP contribution in [0.25, 0.3) is 17.0 Å². The summed E-state index contributed by atoms with van der Waals surface area (Å²) in [5.41, 5.74) is 4.73. The Kier molecular flexibility index (Phi) is 4.66. The Morgan fingerprint density at radius 1 is 1.00 bits per heavy atom.